The number of hydrogen-bond donors (Lipinski definition) is 4. The van der Waals surface area contributed by atoms with Gasteiger partial charge in [0.25, 0.3) is 0 Å². The lowest BCUT2D eigenvalue weighted by Crippen LogP contribution is -2.62. The Morgan fingerprint density at radius 3 is 2.21 bits per heavy atom. The third-order valence-corrected chi connectivity index (χ3v) is 11.3. The first kappa shape index (κ1) is 42.0. The van der Waals surface area contributed by atoms with E-state index >= 15 is 0 Å². The summed E-state index contributed by atoms with van der Waals surface area (Å²) in [5.74, 6) is -5.91. The van der Waals surface area contributed by atoms with Gasteiger partial charge in [0.05, 0.1) is 0 Å². The summed E-state index contributed by atoms with van der Waals surface area (Å²) in [5.41, 5.74) is 1.46. The molecule has 0 radical (unpaired) electrons. The van der Waals surface area contributed by atoms with Gasteiger partial charge < -0.3 is 40.7 Å². The summed E-state index contributed by atoms with van der Waals surface area (Å²) in [6.45, 7) is 5.27. The molecule has 6 rings (SSSR count). The largest absolute Gasteiger partial charge is 0.461 e. The van der Waals surface area contributed by atoms with Gasteiger partial charge >= 0.3 is 12.0 Å². The molecular formula is C41H51F2N7O8. The van der Waals surface area contributed by atoms with E-state index in [-0.39, 0.29) is 44.0 Å². The summed E-state index contributed by atoms with van der Waals surface area (Å²) in [4.78, 5) is 101. The highest BCUT2D eigenvalue weighted by molar-refractivity contribution is 5.98. The van der Waals surface area contributed by atoms with Crippen molar-refractivity contribution in [3.8, 4) is 0 Å². The summed E-state index contributed by atoms with van der Waals surface area (Å²) < 4.78 is 34.3. The lowest BCUT2D eigenvalue weighted by molar-refractivity contribution is -0.158. The van der Waals surface area contributed by atoms with Gasteiger partial charge in [0, 0.05) is 37.8 Å². The van der Waals surface area contributed by atoms with E-state index in [2.05, 4.69) is 21.3 Å². The molecule has 4 heterocycles. The van der Waals surface area contributed by atoms with Gasteiger partial charge in [0.2, 0.25) is 29.5 Å². The second-order valence-corrected chi connectivity index (χ2v) is 15.7. The number of benzene rings is 2. The minimum atomic E-state index is -1.58. The standard InChI is InChI=1S/C41H51F2N7O8/c1-4-25-10-12-29(13-11-25)45-41(57)47-30(19-26-17-27(42)20-28(43)18-26)35(51)46-31-22-58-40(56)34-16-23(2)21-50(34)37(53)24(3)44-36(52)32-8-5-6-14-48(32)39(55)33-9-7-15-49(33)38(31)54/h10-13,17-18,20,23-24,30-34H,4-9,14-16,19,21-22H2,1-3H3,(H,44,52)(H,46,51)(H2,45,47,57). The average Bonchev–Trinajstić information content (AvgIpc) is 3.85. The van der Waals surface area contributed by atoms with Crippen LogP contribution in [0.2, 0.25) is 0 Å². The molecule has 7 atom stereocenters. The highest BCUT2D eigenvalue weighted by Gasteiger charge is 2.46. The summed E-state index contributed by atoms with van der Waals surface area (Å²) in [5, 5.41) is 10.5. The number of piperidine rings is 1. The molecule has 312 valence electrons. The number of aryl methyl sites for hydroxylation is 1. The highest BCUT2D eigenvalue weighted by Crippen LogP contribution is 2.28. The Kier molecular flexibility index (Phi) is 13.3. The quantitative estimate of drug-likeness (QED) is 0.308. The molecule has 7 unspecified atom stereocenters. The predicted octanol–water partition coefficient (Wildman–Crippen LogP) is 2.42. The van der Waals surface area contributed by atoms with E-state index in [9.17, 15) is 42.3 Å². The number of cyclic esters (lactones) is 1. The Morgan fingerprint density at radius 1 is 0.828 bits per heavy atom. The van der Waals surface area contributed by atoms with E-state index in [4.69, 9.17) is 4.74 Å². The number of halogens is 2. The monoisotopic (exact) mass is 807 g/mol. The molecule has 0 aromatic heterocycles. The normalized spacial score (nSPS) is 26.2. The number of hydrogen-bond acceptors (Lipinski definition) is 8. The van der Waals surface area contributed by atoms with Crippen LogP contribution >= 0.6 is 0 Å². The minimum Gasteiger partial charge on any atom is -0.461 e. The number of ether oxygens (including phenoxy) is 1. The molecule has 4 fully saturated rings. The van der Waals surface area contributed by atoms with Crippen LogP contribution in [0.5, 0.6) is 0 Å². The Bertz CT molecular complexity index is 1890. The molecular weight excluding hydrogens is 756 g/mol. The van der Waals surface area contributed by atoms with Gasteiger partial charge in [-0.2, -0.15) is 0 Å². The fraction of sp³-hybridized carbons (Fsp3) is 0.537. The van der Waals surface area contributed by atoms with Crippen molar-refractivity contribution in [2.24, 2.45) is 5.92 Å². The smallest absolute Gasteiger partial charge is 0.328 e. The van der Waals surface area contributed by atoms with Crippen LogP contribution in [0.3, 0.4) is 0 Å². The molecule has 0 bridgehead atoms. The molecule has 58 heavy (non-hydrogen) atoms. The molecule has 17 heteroatoms. The van der Waals surface area contributed by atoms with Crippen LogP contribution in [-0.2, 0) is 46.3 Å². The number of anilines is 1. The van der Waals surface area contributed by atoms with E-state index in [1.165, 1.54) is 21.6 Å². The van der Waals surface area contributed by atoms with E-state index < -0.39 is 102 Å². The average molecular weight is 808 g/mol. The first-order chi connectivity index (χ1) is 27.7. The Morgan fingerprint density at radius 2 is 1.50 bits per heavy atom. The SMILES string of the molecule is CCc1ccc(NC(=O)NC(Cc2cc(F)cc(F)c2)C(=O)NC2COC(=O)C3CC(C)CN3C(=O)C(C)NC(=O)C3CCCCN3C(=O)C3CCCN3C2=O)cc1. The van der Waals surface area contributed by atoms with Crippen molar-refractivity contribution >= 4 is 47.2 Å². The van der Waals surface area contributed by atoms with E-state index in [0.29, 0.717) is 37.4 Å². The predicted molar refractivity (Wildman–Crippen MR) is 206 cm³/mol. The van der Waals surface area contributed by atoms with Crippen molar-refractivity contribution in [1.82, 2.24) is 30.7 Å². The van der Waals surface area contributed by atoms with Crippen molar-refractivity contribution in [2.75, 3.05) is 31.6 Å². The minimum absolute atomic E-state index is 0.0284. The Balaban J connectivity index is 1.31. The van der Waals surface area contributed by atoms with Gasteiger partial charge in [0.15, 0.2) is 0 Å². The molecule has 15 nitrogen and oxygen atoms in total. The van der Waals surface area contributed by atoms with Crippen LogP contribution in [-0.4, -0.2) is 119 Å². The van der Waals surface area contributed by atoms with Crippen LogP contribution in [0.4, 0.5) is 19.3 Å². The van der Waals surface area contributed by atoms with Crippen molar-refractivity contribution in [3.63, 3.8) is 0 Å². The van der Waals surface area contributed by atoms with E-state index in [0.717, 1.165) is 24.1 Å². The van der Waals surface area contributed by atoms with E-state index in [1.54, 1.807) is 12.1 Å². The number of nitrogens with zero attached hydrogens (tertiary/aromatic N) is 3. The molecule has 4 aliphatic heterocycles. The Labute approximate surface area is 335 Å². The summed E-state index contributed by atoms with van der Waals surface area (Å²) in [6.07, 6.45) is 2.98. The van der Waals surface area contributed by atoms with Crippen LogP contribution < -0.4 is 21.3 Å². The van der Waals surface area contributed by atoms with Gasteiger partial charge in [0.1, 0.15) is 54.5 Å². The lowest BCUT2D eigenvalue weighted by Gasteiger charge is -2.39. The lowest BCUT2D eigenvalue weighted by atomic mass is 9.99. The molecule has 2 aromatic carbocycles. The van der Waals surface area contributed by atoms with E-state index in [1.807, 2.05) is 26.0 Å². The van der Waals surface area contributed by atoms with Crippen molar-refractivity contribution < 1.29 is 47.1 Å². The second kappa shape index (κ2) is 18.3. The molecule has 7 amide bonds. The van der Waals surface area contributed by atoms with Gasteiger partial charge in [-0.05, 0) is 93.2 Å². The molecule has 4 aliphatic rings. The van der Waals surface area contributed by atoms with Crippen molar-refractivity contribution in [1.29, 1.82) is 0 Å². The zero-order chi connectivity index (χ0) is 41.7. The second-order valence-electron chi connectivity index (χ2n) is 15.7. The summed E-state index contributed by atoms with van der Waals surface area (Å²) in [7, 11) is 0. The molecule has 4 N–H and O–H groups in total. The first-order valence-electron chi connectivity index (χ1n) is 20.0. The number of nitrogens with one attached hydrogen (secondary N) is 4. The number of carbonyl (C=O) groups is 7. The zero-order valence-corrected chi connectivity index (χ0v) is 32.9. The number of rotatable bonds is 7. The Hall–Kier alpha value is -5.61. The van der Waals surface area contributed by atoms with Crippen LogP contribution in [0.1, 0.15) is 70.4 Å². The summed E-state index contributed by atoms with van der Waals surface area (Å²) in [6, 6.07) is 1.82. The van der Waals surface area contributed by atoms with Gasteiger partial charge in [-0.1, -0.05) is 26.0 Å². The van der Waals surface area contributed by atoms with Gasteiger partial charge in [-0.3, -0.25) is 24.0 Å². The topological polar surface area (TPSA) is 187 Å². The highest BCUT2D eigenvalue weighted by atomic mass is 19.1. The van der Waals surface area contributed by atoms with Crippen LogP contribution in [0.25, 0.3) is 0 Å². The van der Waals surface area contributed by atoms with Crippen LogP contribution in [0, 0.1) is 17.6 Å². The van der Waals surface area contributed by atoms with Gasteiger partial charge in [-0.25, -0.2) is 18.4 Å². The number of amides is 7. The first-order valence-corrected chi connectivity index (χ1v) is 20.0. The molecule has 4 saturated heterocycles. The maximum absolute atomic E-state index is 14.5. The van der Waals surface area contributed by atoms with Crippen molar-refractivity contribution in [3.05, 3.63) is 65.2 Å². The molecule has 0 aliphatic carbocycles. The van der Waals surface area contributed by atoms with Gasteiger partial charge in [-0.15, -0.1) is 0 Å². The summed E-state index contributed by atoms with van der Waals surface area (Å²) >= 11 is 0. The number of urea groups is 1. The maximum Gasteiger partial charge on any atom is 0.328 e. The van der Waals surface area contributed by atoms with Crippen molar-refractivity contribution in [2.45, 2.75) is 108 Å². The number of esters is 1. The maximum atomic E-state index is 14.5. The molecule has 0 saturated carbocycles. The number of carbonyl (C=O) groups excluding carboxylic acids is 7. The third kappa shape index (κ3) is 9.73. The number of fused-ring (bicyclic) bond motifs is 3. The molecule has 0 spiro atoms. The fourth-order valence-corrected chi connectivity index (χ4v) is 8.31. The molecule has 2 aromatic rings. The fourth-order valence-electron chi connectivity index (χ4n) is 8.31. The third-order valence-electron chi connectivity index (χ3n) is 11.3. The zero-order valence-electron chi connectivity index (χ0n) is 32.9. The van der Waals surface area contributed by atoms with Crippen LogP contribution in [0.15, 0.2) is 42.5 Å².